The number of hydrogen-bond donors (Lipinski definition) is 2. The van der Waals surface area contributed by atoms with Gasteiger partial charge >= 0.3 is 0 Å². The molecule has 2 fully saturated rings. The Hall–Kier alpha value is -0.120. The van der Waals surface area contributed by atoms with Crippen LogP contribution in [0, 0.1) is 5.92 Å². The Morgan fingerprint density at radius 2 is 1.94 bits per heavy atom. The number of nitrogens with one attached hydrogen (secondary N) is 1. The van der Waals surface area contributed by atoms with Gasteiger partial charge in [0.15, 0.2) is 0 Å². The number of aliphatic hydroxyl groups is 1. The minimum atomic E-state index is 0.353. The normalized spacial score (nSPS) is 28.7. The number of likely N-dealkylation sites (tertiary alicyclic amines) is 1. The summed E-state index contributed by atoms with van der Waals surface area (Å²) in [5.41, 5.74) is 0. The van der Waals surface area contributed by atoms with Crippen LogP contribution in [-0.4, -0.2) is 48.8 Å². The Bertz CT molecular complexity index is 192. The van der Waals surface area contributed by atoms with Crippen LogP contribution in [-0.2, 0) is 0 Å². The van der Waals surface area contributed by atoms with Crippen molar-refractivity contribution >= 4 is 0 Å². The molecule has 0 spiro atoms. The van der Waals surface area contributed by atoms with Gasteiger partial charge in [-0.15, -0.1) is 0 Å². The zero-order valence-electron chi connectivity index (χ0n) is 10.3. The van der Waals surface area contributed by atoms with Gasteiger partial charge in [-0.1, -0.05) is 0 Å². The average Bonchev–Trinajstić information content (AvgIpc) is 2.79. The summed E-state index contributed by atoms with van der Waals surface area (Å²) in [5.74, 6) is 0.929. The van der Waals surface area contributed by atoms with E-state index in [1.165, 1.54) is 51.9 Å². The molecule has 0 bridgehead atoms. The lowest BCUT2D eigenvalue weighted by atomic mass is 9.88. The van der Waals surface area contributed by atoms with Gasteiger partial charge in [0.05, 0.1) is 0 Å². The maximum absolute atomic E-state index is 8.83. The predicted molar refractivity (Wildman–Crippen MR) is 66.5 cm³/mol. The molecule has 1 atom stereocenters. The van der Waals surface area contributed by atoms with Crippen LogP contribution in [0.5, 0.6) is 0 Å². The van der Waals surface area contributed by atoms with Crippen molar-refractivity contribution in [3.63, 3.8) is 0 Å². The zero-order chi connectivity index (χ0) is 11.2. The number of nitrogens with zero attached hydrogens (tertiary/aromatic N) is 1. The molecule has 2 N–H and O–H groups in total. The number of hydrogen-bond acceptors (Lipinski definition) is 3. The highest BCUT2D eigenvalue weighted by atomic mass is 16.2. The molecule has 16 heavy (non-hydrogen) atoms. The minimum absolute atomic E-state index is 0.353. The first-order valence-corrected chi connectivity index (χ1v) is 6.97. The van der Waals surface area contributed by atoms with Crippen LogP contribution in [0.15, 0.2) is 0 Å². The lowest BCUT2D eigenvalue weighted by Crippen LogP contribution is -2.41. The zero-order valence-corrected chi connectivity index (χ0v) is 10.3. The molecular formula is C13H26N2O. The molecule has 0 saturated carbocycles. The van der Waals surface area contributed by atoms with E-state index in [2.05, 4.69) is 10.2 Å². The lowest BCUT2D eigenvalue weighted by Gasteiger charge is -2.34. The van der Waals surface area contributed by atoms with Crippen LogP contribution in [0.1, 0.15) is 38.5 Å². The highest BCUT2D eigenvalue weighted by Crippen LogP contribution is 2.29. The van der Waals surface area contributed by atoms with Gasteiger partial charge in [-0.05, 0) is 70.6 Å². The van der Waals surface area contributed by atoms with Crippen LogP contribution in [0.4, 0.5) is 0 Å². The van der Waals surface area contributed by atoms with E-state index in [1.54, 1.807) is 0 Å². The fourth-order valence-electron chi connectivity index (χ4n) is 3.32. The smallest absolute Gasteiger partial charge is 0.0431 e. The Morgan fingerprint density at radius 1 is 1.12 bits per heavy atom. The van der Waals surface area contributed by atoms with Gasteiger partial charge in [0, 0.05) is 12.6 Å². The van der Waals surface area contributed by atoms with Crippen LogP contribution >= 0.6 is 0 Å². The summed E-state index contributed by atoms with van der Waals surface area (Å²) in [4.78, 5) is 2.69. The maximum atomic E-state index is 8.83. The first-order chi connectivity index (χ1) is 7.92. The molecule has 2 aliphatic rings. The van der Waals surface area contributed by atoms with Crippen LogP contribution in [0.25, 0.3) is 0 Å². The Balaban J connectivity index is 1.77. The maximum Gasteiger partial charge on any atom is 0.0431 e. The molecule has 2 rings (SSSR count). The summed E-state index contributed by atoms with van der Waals surface area (Å²) in [6.45, 7) is 5.28. The molecule has 2 saturated heterocycles. The van der Waals surface area contributed by atoms with Crippen molar-refractivity contribution in [1.29, 1.82) is 0 Å². The Kier molecular flexibility index (Phi) is 5.07. The molecule has 0 radical (unpaired) electrons. The first kappa shape index (κ1) is 12.3. The van der Waals surface area contributed by atoms with Gasteiger partial charge in [0.1, 0.15) is 0 Å². The van der Waals surface area contributed by atoms with Crippen molar-refractivity contribution in [3.8, 4) is 0 Å². The summed E-state index contributed by atoms with van der Waals surface area (Å²) in [5, 5.41) is 12.3. The molecule has 94 valence electrons. The van der Waals surface area contributed by atoms with Gasteiger partial charge in [-0.25, -0.2) is 0 Å². The molecule has 1 unspecified atom stereocenters. The average molecular weight is 226 g/mol. The van der Waals surface area contributed by atoms with Crippen molar-refractivity contribution < 1.29 is 5.11 Å². The van der Waals surface area contributed by atoms with E-state index in [0.717, 1.165) is 24.8 Å². The van der Waals surface area contributed by atoms with E-state index in [1.807, 2.05) is 0 Å². The summed E-state index contributed by atoms with van der Waals surface area (Å²) in [6, 6.07) is 0.848. The lowest BCUT2D eigenvalue weighted by molar-refractivity contribution is 0.156. The monoisotopic (exact) mass is 226 g/mol. The summed E-state index contributed by atoms with van der Waals surface area (Å²) in [6.07, 6.45) is 7.65. The fourth-order valence-corrected chi connectivity index (χ4v) is 3.32. The van der Waals surface area contributed by atoms with Crippen molar-refractivity contribution in [2.75, 3.05) is 32.8 Å². The van der Waals surface area contributed by atoms with Crippen molar-refractivity contribution in [1.82, 2.24) is 10.2 Å². The molecule has 2 heterocycles. The first-order valence-electron chi connectivity index (χ1n) is 6.97. The van der Waals surface area contributed by atoms with Crippen molar-refractivity contribution in [2.45, 2.75) is 44.6 Å². The number of piperidine rings is 1. The summed E-state index contributed by atoms with van der Waals surface area (Å²) in [7, 11) is 0. The predicted octanol–water partition coefficient (Wildman–Crippen LogP) is 1.22. The summed E-state index contributed by atoms with van der Waals surface area (Å²) < 4.78 is 0. The third-order valence-corrected chi connectivity index (χ3v) is 4.20. The molecule has 3 heteroatoms. The quantitative estimate of drug-likeness (QED) is 0.692. The molecule has 0 aromatic rings. The molecular weight excluding hydrogens is 200 g/mol. The van der Waals surface area contributed by atoms with Gasteiger partial charge in [-0.3, -0.25) is 0 Å². The third-order valence-electron chi connectivity index (χ3n) is 4.20. The van der Waals surface area contributed by atoms with E-state index in [-0.39, 0.29) is 0 Å². The Morgan fingerprint density at radius 3 is 2.69 bits per heavy atom. The van der Waals surface area contributed by atoms with Gasteiger partial charge < -0.3 is 15.3 Å². The molecule has 2 aliphatic heterocycles. The van der Waals surface area contributed by atoms with E-state index in [0.29, 0.717) is 6.61 Å². The van der Waals surface area contributed by atoms with Gasteiger partial charge in [-0.2, -0.15) is 0 Å². The second kappa shape index (κ2) is 6.58. The van der Waals surface area contributed by atoms with Crippen molar-refractivity contribution in [3.05, 3.63) is 0 Å². The fraction of sp³-hybridized carbons (Fsp3) is 1.00. The van der Waals surface area contributed by atoms with Crippen molar-refractivity contribution in [2.24, 2.45) is 5.92 Å². The molecule has 0 aromatic heterocycles. The number of unbranched alkanes of at least 4 members (excludes halogenated alkanes) is 1. The summed E-state index contributed by atoms with van der Waals surface area (Å²) >= 11 is 0. The SMILES string of the molecule is OCCCCN1CCCC1C1CCNCC1. The highest BCUT2D eigenvalue weighted by molar-refractivity contribution is 4.87. The van der Waals surface area contributed by atoms with Crippen LogP contribution in [0.3, 0.4) is 0 Å². The van der Waals surface area contributed by atoms with E-state index >= 15 is 0 Å². The van der Waals surface area contributed by atoms with Crippen LogP contribution < -0.4 is 5.32 Å². The number of aliphatic hydroxyl groups excluding tert-OH is 1. The minimum Gasteiger partial charge on any atom is -0.396 e. The second-order valence-corrected chi connectivity index (χ2v) is 5.26. The second-order valence-electron chi connectivity index (χ2n) is 5.26. The van der Waals surface area contributed by atoms with E-state index in [9.17, 15) is 0 Å². The molecule has 0 amide bonds. The van der Waals surface area contributed by atoms with Gasteiger partial charge in [0.25, 0.3) is 0 Å². The molecule has 3 nitrogen and oxygen atoms in total. The largest absolute Gasteiger partial charge is 0.396 e. The topological polar surface area (TPSA) is 35.5 Å². The highest BCUT2D eigenvalue weighted by Gasteiger charge is 2.31. The standard InChI is InChI=1S/C13H26N2O/c16-11-2-1-9-15-10-3-4-13(15)12-5-7-14-8-6-12/h12-14,16H,1-11H2. The van der Waals surface area contributed by atoms with Crippen LogP contribution in [0.2, 0.25) is 0 Å². The molecule has 0 aliphatic carbocycles. The van der Waals surface area contributed by atoms with Gasteiger partial charge in [0.2, 0.25) is 0 Å². The third kappa shape index (κ3) is 3.19. The van der Waals surface area contributed by atoms with E-state index < -0.39 is 0 Å². The molecule has 0 aromatic carbocycles. The Labute approximate surface area is 99.2 Å². The van der Waals surface area contributed by atoms with E-state index in [4.69, 9.17) is 5.11 Å². The number of rotatable bonds is 5.